The fraction of sp³-hybridized carbons (Fsp3) is 0.100. The third-order valence-electron chi connectivity index (χ3n) is 2.83. The predicted octanol–water partition coefficient (Wildman–Crippen LogP) is 2.99. The second-order valence-corrected chi connectivity index (χ2v) is 4.64. The Hall–Kier alpha value is -3.32. The second-order valence-electron chi connectivity index (χ2n) is 4.64. The van der Waals surface area contributed by atoms with E-state index in [9.17, 15) is 9.59 Å². The number of hydrogen-bond donors (Lipinski definition) is 0. The summed E-state index contributed by atoms with van der Waals surface area (Å²) in [4.78, 5) is 23.1. The Bertz CT molecular complexity index is 802. The molecule has 120 valence electrons. The average molecular weight is 321 g/mol. The van der Waals surface area contributed by atoms with Gasteiger partial charge < -0.3 is 9.47 Å². The number of esters is 2. The van der Waals surface area contributed by atoms with Crippen LogP contribution in [0.15, 0.2) is 66.7 Å². The summed E-state index contributed by atoms with van der Waals surface area (Å²) in [5.74, 6) is 3.11. The molecule has 2 aromatic carbocycles. The topological polar surface area (TPSA) is 52.6 Å². The minimum atomic E-state index is -0.809. The number of carbonyl (C=O) groups is 2. The van der Waals surface area contributed by atoms with Crippen LogP contribution in [-0.2, 0) is 25.7 Å². The summed E-state index contributed by atoms with van der Waals surface area (Å²) in [6, 6.07) is 17.9. The Morgan fingerprint density at radius 1 is 1.00 bits per heavy atom. The molecule has 0 spiro atoms. The maximum atomic E-state index is 11.6. The van der Waals surface area contributed by atoms with Crippen molar-refractivity contribution in [2.45, 2.75) is 6.61 Å². The Balaban J connectivity index is 1.74. The van der Waals surface area contributed by atoms with E-state index in [2.05, 4.69) is 11.8 Å². The van der Waals surface area contributed by atoms with Crippen LogP contribution in [0.1, 0.15) is 12.5 Å². The van der Waals surface area contributed by atoms with Crippen molar-refractivity contribution >= 4 is 18.0 Å². The molecule has 0 N–H and O–H groups in total. The summed E-state index contributed by atoms with van der Waals surface area (Å²) in [5, 5.41) is 0. The monoisotopic (exact) mass is 321 g/mol. The molecule has 0 saturated heterocycles. The van der Waals surface area contributed by atoms with Crippen LogP contribution in [0.4, 0.5) is 0 Å². The van der Waals surface area contributed by atoms with Crippen molar-refractivity contribution in [1.82, 2.24) is 0 Å². The lowest BCUT2D eigenvalue weighted by molar-refractivity contribution is -0.138. The molecule has 0 amide bonds. The Morgan fingerprint density at radius 3 is 2.38 bits per heavy atom. The highest BCUT2D eigenvalue weighted by molar-refractivity contribution is 5.89. The van der Waals surface area contributed by atoms with Crippen LogP contribution in [0.5, 0.6) is 0 Å². The number of rotatable bonds is 5. The van der Waals surface area contributed by atoms with E-state index in [1.165, 1.54) is 6.08 Å². The normalized spacial score (nSPS) is 10.8. The van der Waals surface area contributed by atoms with Crippen molar-refractivity contribution in [3.05, 3.63) is 77.8 Å². The van der Waals surface area contributed by atoms with E-state index in [1.54, 1.807) is 24.3 Å². The highest BCUT2D eigenvalue weighted by Gasteiger charge is 1.98. The summed E-state index contributed by atoms with van der Waals surface area (Å²) >= 11 is 0. The van der Waals surface area contributed by atoms with Gasteiger partial charge in [-0.25, -0.2) is 9.59 Å². The van der Waals surface area contributed by atoms with Gasteiger partial charge in [-0.15, -0.1) is 0 Å². The predicted molar refractivity (Wildman–Crippen MR) is 90.4 cm³/mol. The largest absolute Gasteiger partial charge is 0.451 e. The molecule has 4 nitrogen and oxygen atoms in total. The maximum Gasteiger partial charge on any atom is 0.384 e. The molecule has 0 fully saturated rings. The molecular weight excluding hydrogens is 304 g/mol. The van der Waals surface area contributed by atoms with Gasteiger partial charge in [-0.2, -0.15) is 0 Å². The van der Waals surface area contributed by atoms with Gasteiger partial charge in [0.2, 0.25) is 0 Å². The SMILES string of the molecule is [2H]/C(=C\c1ccccc1)C(=O)OCC#CC(=O)OCc1ccccc1. The van der Waals surface area contributed by atoms with E-state index in [-0.39, 0.29) is 19.3 Å². The molecule has 0 bridgehead atoms. The van der Waals surface area contributed by atoms with E-state index < -0.39 is 11.9 Å². The fourth-order valence-electron chi connectivity index (χ4n) is 1.70. The zero-order chi connectivity index (χ0) is 17.9. The molecule has 0 saturated carbocycles. The highest BCUT2D eigenvalue weighted by atomic mass is 16.5. The smallest absolute Gasteiger partial charge is 0.384 e. The zero-order valence-corrected chi connectivity index (χ0v) is 12.9. The van der Waals surface area contributed by atoms with Crippen molar-refractivity contribution in [2.75, 3.05) is 6.61 Å². The van der Waals surface area contributed by atoms with Crippen LogP contribution in [0.3, 0.4) is 0 Å². The number of hydrogen-bond acceptors (Lipinski definition) is 4. The van der Waals surface area contributed by atoms with Crippen molar-refractivity contribution in [2.24, 2.45) is 0 Å². The van der Waals surface area contributed by atoms with Gasteiger partial charge in [0.25, 0.3) is 0 Å². The second kappa shape index (κ2) is 9.65. The van der Waals surface area contributed by atoms with Crippen LogP contribution in [0.2, 0.25) is 0 Å². The molecule has 0 aliphatic heterocycles. The molecule has 0 heterocycles. The zero-order valence-electron chi connectivity index (χ0n) is 13.9. The van der Waals surface area contributed by atoms with Crippen molar-refractivity contribution in [3.63, 3.8) is 0 Å². The Morgan fingerprint density at radius 2 is 1.67 bits per heavy atom. The van der Waals surface area contributed by atoms with Gasteiger partial charge in [-0.3, -0.25) is 0 Å². The minimum Gasteiger partial charge on any atom is -0.451 e. The lowest BCUT2D eigenvalue weighted by atomic mass is 10.2. The molecule has 0 aliphatic rings. The lowest BCUT2D eigenvalue weighted by Crippen LogP contribution is -2.03. The number of ether oxygens (including phenoxy) is 2. The third-order valence-corrected chi connectivity index (χ3v) is 2.83. The van der Waals surface area contributed by atoms with Crippen LogP contribution >= 0.6 is 0 Å². The van der Waals surface area contributed by atoms with Gasteiger partial charge in [0, 0.05) is 12.0 Å². The van der Waals surface area contributed by atoms with Crippen molar-refractivity contribution < 1.29 is 20.4 Å². The quantitative estimate of drug-likeness (QED) is 0.368. The highest BCUT2D eigenvalue weighted by Crippen LogP contribution is 2.01. The van der Waals surface area contributed by atoms with E-state index >= 15 is 0 Å². The van der Waals surface area contributed by atoms with Gasteiger partial charge in [0.05, 0.1) is 1.37 Å². The van der Waals surface area contributed by atoms with Crippen LogP contribution in [-0.4, -0.2) is 18.5 Å². The minimum absolute atomic E-state index is 0.130. The molecule has 0 atom stereocenters. The first-order valence-electron chi connectivity index (χ1n) is 7.75. The third kappa shape index (κ3) is 6.63. The summed E-state index contributed by atoms with van der Waals surface area (Å²) in [6.07, 6.45) is 1.39. The summed E-state index contributed by atoms with van der Waals surface area (Å²) in [7, 11) is 0. The maximum absolute atomic E-state index is 11.6. The van der Waals surface area contributed by atoms with Crippen LogP contribution in [0, 0.1) is 11.8 Å². The molecule has 2 rings (SSSR count). The summed E-state index contributed by atoms with van der Waals surface area (Å²) in [5.41, 5.74) is 1.58. The molecular formula is C20H16O4. The van der Waals surface area contributed by atoms with E-state index in [0.29, 0.717) is 0 Å². The fourth-order valence-corrected chi connectivity index (χ4v) is 1.70. The lowest BCUT2D eigenvalue weighted by Gasteiger charge is -1.99. The van der Waals surface area contributed by atoms with Crippen molar-refractivity contribution in [3.8, 4) is 11.8 Å². The summed E-state index contributed by atoms with van der Waals surface area (Å²) in [6.45, 7) is -0.158. The number of benzene rings is 2. The van der Waals surface area contributed by atoms with Crippen LogP contribution < -0.4 is 0 Å². The van der Waals surface area contributed by atoms with Gasteiger partial charge in [-0.05, 0) is 23.1 Å². The summed E-state index contributed by atoms with van der Waals surface area (Å²) < 4.78 is 17.4. The Labute approximate surface area is 142 Å². The molecule has 0 aliphatic carbocycles. The molecule has 4 heteroatoms. The van der Waals surface area contributed by atoms with E-state index in [4.69, 9.17) is 10.8 Å². The first-order valence-corrected chi connectivity index (χ1v) is 7.25. The van der Waals surface area contributed by atoms with Gasteiger partial charge >= 0.3 is 11.9 Å². The van der Waals surface area contributed by atoms with Gasteiger partial charge in [0.1, 0.15) is 6.61 Å². The van der Waals surface area contributed by atoms with Gasteiger partial charge in [-0.1, -0.05) is 60.7 Å². The standard InChI is InChI=1S/C20H16O4/c21-19(24-16-18-10-5-2-6-11-18)12-7-15-23-20(22)14-13-17-8-3-1-4-9-17/h1-6,8-11,13-14H,15-16H2/b14-13+/i14D. The molecule has 0 radical (unpaired) electrons. The van der Waals surface area contributed by atoms with Crippen LogP contribution in [0.25, 0.3) is 6.08 Å². The van der Waals surface area contributed by atoms with E-state index in [1.807, 2.05) is 36.4 Å². The molecule has 24 heavy (non-hydrogen) atoms. The van der Waals surface area contributed by atoms with Crippen molar-refractivity contribution in [1.29, 1.82) is 0 Å². The average Bonchev–Trinajstić information content (AvgIpc) is 2.65. The Kier molecular flexibility index (Phi) is 6.26. The molecule has 0 unspecified atom stereocenters. The number of carbonyl (C=O) groups excluding carboxylic acids is 2. The molecule has 0 aromatic heterocycles. The van der Waals surface area contributed by atoms with Gasteiger partial charge in [0.15, 0.2) is 6.61 Å². The first-order chi connectivity index (χ1) is 12.1. The first kappa shape index (κ1) is 15.6. The molecule has 2 aromatic rings. The van der Waals surface area contributed by atoms with E-state index in [0.717, 1.165) is 11.1 Å².